The second-order valence-electron chi connectivity index (χ2n) is 6.94. The summed E-state index contributed by atoms with van der Waals surface area (Å²) in [5.74, 6) is 1.45. The Bertz CT molecular complexity index is 479. The molecule has 0 aromatic heterocycles. The highest BCUT2D eigenvalue weighted by molar-refractivity contribution is 5.79. The van der Waals surface area contributed by atoms with Gasteiger partial charge in [-0.25, -0.2) is 0 Å². The van der Waals surface area contributed by atoms with Crippen LogP contribution in [-0.2, 0) is 4.79 Å². The highest BCUT2D eigenvalue weighted by atomic mass is 16.2. The molecule has 0 unspecified atom stereocenters. The summed E-state index contributed by atoms with van der Waals surface area (Å²) < 4.78 is 0. The second kappa shape index (κ2) is 7.28. The van der Waals surface area contributed by atoms with Gasteiger partial charge in [-0.1, -0.05) is 56.0 Å². The first-order valence-corrected chi connectivity index (χ1v) is 8.83. The van der Waals surface area contributed by atoms with E-state index in [1.54, 1.807) is 0 Å². The predicted molar refractivity (Wildman–Crippen MR) is 89.5 cm³/mol. The Morgan fingerprint density at radius 2 is 1.73 bits per heavy atom. The van der Waals surface area contributed by atoms with Crippen LogP contribution in [0.5, 0.6) is 0 Å². The average Bonchev–Trinajstić information content (AvgIpc) is 2.81. The van der Waals surface area contributed by atoms with Crippen LogP contribution in [0.15, 0.2) is 30.3 Å². The van der Waals surface area contributed by atoms with E-state index in [0.29, 0.717) is 24.3 Å². The van der Waals surface area contributed by atoms with Gasteiger partial charge in [0.05, 0.1) is 0 Å². The molecule has 1 saturated carbocycles. The van der Waals surface area contributed by atoms with Gasteiger partial charge in [-0.05, 0) is 30.9 Å². The molecule has 2 atom stereocenters. The summed E-state index contributed by atoms with van der Waals surface area (Å²) in [5.41, 5.74) is 7.32. The minimum atomic E-state index is 0.260. The van der Waals surface area contributed by atoms with Gasteiger partial charge in [0.25, 0.3) is 0 Å². The Morgan fingerprint density at radius 3 is 2.36 bits per heavy atom. The zero-order valence-electron chi connectivity index (χ0n) is 13.4. The highest BCUT2D eigenvalue weighted by Gasteiger charge is 2.37. The Hall–Kier alpha value is -1.35. The molecule has 2 aliphatic rings. The van der Waals surface area contributed by atoms with Crippen molar-refractivity contribution in [2.45, 2.75) is 44.4 Å². The van der Waals surface area contributed by atoms with Crippen molar-refractivity contribution < 1.29 is 4.79 Å². The molecule has 1 heterocycles. The van der Waals surface area contributed by atoms with Crippen LogP contribution in [-0.4, -0.2) is 30.4 Å². The molecule has 120 valence electrons. The lowest BCUT2D eigenvalue weighted by atomic mass is 9.89. The molecule has 2 fully saturated rings. The fraction of sp³-hybridized carbons (Fsp3) is 0.632. The SMILES string of the molecule is NC[C@@H]1CN(C(=O)C2CCCCCC2)C[C@H]1c1ccccc1. The molecule has 1 aliphatic heterocycles. The van der Waals surface area contributed by atoms with Crippen molar-refractivity contribution in [3.63, 3.8) is 0 Å². The predicted octanol–water partition coefficient (Wildman–Crippen LogP) is 3.16. The number of likely N-dealkylation sites (tertiary alicyclic amines) is 1. The topological polar surface area (TPSA) is 46.3 Å². The van der Waals surface area contributed by atoms with Crippen LogP contribution in [0, 0.1) is 11.8 Å². The van der Waals surface area contributed by atoms with Crippen molar-refractivity contribution in [3.8, 4) is 0 Å². The van der Waals surface area contributed by atoms with Gasteiger partial charge >= 0.3 is 0 Å². The fourth-order valence-corrected chi connectivity index (χ4v) is 4.15. The molecule has 1 aromatic rings. The van der Waals surface area contributed by atoms with Gasteiger partial charge in [0.1, 0.15) is 0 Å². The molecule has 1 aliphatic carbocycles. The summed E-state index contributed by atoms with van der Waals surface area (Å²) in [5, 5.41) is 0. The summed E-state index contributed by atoms with van der Waals surface area (Å²) in [4.78, 5) is 15.0. The molecule has 1 amide bonds. The smallest absolute Gasteiger partial charge is 0.225 e. The van der Waals surface area contributed by atoms with E-state index in [0.717, 1.165) is 25.9 Å². The first-order chi connectivity index (χ1) is 10.8. The summed E-state index contributed by atoms with van der Waals surface area (Å²) in [6.07, 6.45) is 7.18. The van der Waals surface area contributed by atoms with Crippen LogP contribution in [0.2, 0.25) is 0 Å². The average molecular weight is 300 g/mol. The van der Waals surface area contributed by atoms with Gasteiger partial charge in [-0.15, -0.1) is 0 Å². The normalized spacial score (nSPS) is 26.9. The Balaban J connectivity index is 1.69. The van der Waals surface area contributed by atoms with E-state index >= 15 is 0 Å². The van der Waals surface area contributed by atoms with Gasteiger partial charge in [0.2, 0.25) is 5.91 Å². The third-order valence-electron chi connectivity index (χ3n) is 5.49. The van der Waals surface area contributed by atoms with E-state index in [-0.39, 0.29) is 5.92 Å². The van der Waals surface area contributed by atoms with E-state index in [9.17, 15) is 4.79 Å². The number of nitrogens with two attached hydrogens (primary N) is 1. The molecular weight excluding hydrogens is 272 g/mol. The van der Waals surface area contributed by atoms with Crippen molar-refractivity contribution in [2.75, 3.05) is 19.6 Å². The van der Waals surface area contributed by atoms with Crippen LogP contribution in [0.25, 0.3) is 0 Å². The van der Waals surface area contributed by atoms with Gasteiger partial charge in [-0.2, -0.15) is 0 Å². The number of hydrogen-bond acceptors (Lipinski definition) is 2. The molecule has 3 heteroatoms. The Morgan fingerprint density at radius 1 is 1.05 bits per heavy atom. The van der Waals surface area contributed by atoms with Crippen molar-refractivity contribution >= 4 is 5.91 Å². The minimum absolute atomic E-state index is 0.260. The zero-order chi connectivity index (χ0) is 15.4. The number of carbonyl (C=O) groups is 1. The number of nitrogens with zero attached hydrogens (tertiary/aromatic N) is 1. The Labute approximate surface area is 133 Å². The lowest BCUT2D eigenvalue weighted by Crippen LogP contribution is -2.35. The van der Waals surface area contributed by atoms with E-state index in [1.807, 2.05) is 6.07 Å². The molecule has 3 rings (SSSR count). The van der Waals surface area contributed by atoms with Crippen LogP contribution in [0.4, 0.5) is 0 Å². The van der Waals surface area contributed by atoms with Gasteiger partial charge < -0.3 is 10.6 Å². The second-order valence-corrected chi connectivity index (χ2v) is 6.94. The lowest BCUT2D eigenvalue weighted by Gasteiger charge is -2.22. The molecule has 0 spiro atoms. The maximum atomic E-state index is 12.9. The number of rotatable bonds is 3. The molecular formula is C19H28N2O. The van der Waals surface area contributed by atoms with E-state index in [2.05, 4.69) is 29.2 Å². The van der Waals surface area contributed by atoms with Crippen LogP contribution < -0.4 is 5.73 Å². The van der Waals surface area contributed by atoms with Crippen LogP contribution in [0.1, 0.15) is 50.0 Å². The minimum Gasteiger partial charge on any atom is -0.341 e. The van der Waals surface area contributed by atoms with Crippen molar-refractivity contribution in [1.29, 1.82) is 0 Å². The molecule has 3 nitrogen and oxygen atoms in total. The van der Waals surface area contributed by atoms with Gasteiger partial charge in [0.15, 0.2) is 0 Å². The van der Waals surface area contributed by atoms with E-state index in [1.165, 1.54) is 31.2 Å². The summed E-state index contributed by atoms with van der Waals surface area (Å²) in [6.45, 7) is 2.35. The van der Waals surface area contributed by atoms with Gasteiger partial charge in [0, 0.05) is 24.9 Å². The molecule has 1 aromatic carbocycles. The third kappa shape index (κ3) is 3.35. The van der Waals surface area contributed by atoms with Crippen LogP contribution in [0.3, 0.4) is 0 Å². The molecule has 22 heavy (non-hydrogen) atoms. The highest BCUT2D eigenvalue weighted by Crippen LogP contribution is 2.34. The third-order valence-corrected chi connectivity index (χ3v) is 5.49. The van der Waals surface area contributed by atoms with E-state index in [4.69, 9.17) is 5.73 Å². The van der Waals surface area contributed by atoms with Crippen LogP contribution >= 0.6 is 0 Å². The number of carbonyl (C=O) groups excluding carboxylic acids is 1. The standard InChI is InChI=1S/C19H28N2O/c20-12-17-13-21(14-18(17)15-8-6-3-7-9-15)19(22)16-10-4-1-2-5-11-16/h3,6-9,16-18H,1-2,4-5,10-14,20H2/t17-,18+/m1/s1. The molecule has 1 saturated heterocycles. The number of hydrogen-bond donors (Lipinski definition) is 1. The molecule has 0 radical (unpaired) electrons. The number of benzene rings is 1. The summed E-state index contributed by atoms with van der Waals surface area (Å²) >= 11 is 0. The van der Waals surface area contributed by atoms with Gasteiger partial charge in [-0.3, -0.25) is 4.79 Å². The molecule has 0 bridgehead atoms. The largest absolute Gasteiger partial charge is 0.341 e. The fourth-order valence-electron chi connectivity index (χ4n) is 4.15. The first-order valence-electron chi connectivity index (χ1n) is 8.83. The van der Waals surface area contributed by atoms with Crippen molar-refractivity contribution in [2.24, 2.45) is 17.6 Å². The summed E-state index contributed by atoms with van der Waals surface area (Å²) in [7, 11) is 0. The quantitative estimate of drug-likeness (QED) is 0.872. The first kappa shape index (κ1) is 15.5. The van der Waals surface area contributed by atoms with Crippen molar-refractivity contribution in [1.82, 2.24) is 4.90 Å². The molecule has 2 N–H and O–H groups in total. The van der Waals surface area contributed by atoms with E-state index < -0.39 is 0 Å². The summed E-state index contributed by atoms with van der Waals surface area (Å²) in [6, 6.07) is 10.6. The monoisotopic (exact) mass is 300 g/mol. The number of amides is 1. The maximum absolute atomic E-state index is 12.9. The zero-order valence-corrected chi connectivity index (χ0v) is 13.4. The lowest BCUT2D eigenvalue weighted by molar-refractivity contribution is -0.135. The Kier molecular flexibility index (Phi) is 5.14. The maximum Gasteiger partial charge on any atom is 0.225 e. The van der Waals surface area contributed by atoms with Crippen molar-refractivity contribution in [3.05, 3.63) is 35.9 Å².